The first-order valence-corrected chi connectivity index (χ1v) is 4.04. The maximum absolute atomic E-state index is 6.00. The van der Waals surface area contributed by atoms with Crippen LogP contribution in [0, 0.1) is 5.41 Å². The molecule has 0 saturated carbocycles. The molecular weight excluding hydrogens is 150 g/mol. The predicted octanol–water partition coefficient (Wildman–Crippen LogP) is 1.52. The van der Waals surface area contributed by atoms with Crippen molar-refractivity contribution in [3.05, 3.63) is 24.0 Å². The van der Waals surface area contributed by atoms with E-state index in [2.05, 4.69) is 31.0 Å². The molecule has 66 valence electrons. The van der Waals surface area contributed by atoms with E-state index in [1.807, 2.05) is 6.07 Å². The number of nitrogens with zero attached hydrogens (tertiary/aromatic N) is 2. The summed E-state index contributed by atoms with van der Waals surface area (Å²) in [5.74, 6) is 0. The van der Waals surface area contributed by atoms with Crippen LogP contribution in [0.15, 0.2) is 18.5 Å². The molecule has 1 unspecified atom stereocenters. The third-order valence-corrected chi connectivity index (χ3v) is 1.90. The Hall–Kier alpha value is -0.960. The first kappa shape index (κ1) is 9.13. The molecule has 0 radical (unpaired) electrons. The van der Waals surface area contributed by atoms with Crippen LogP contribution in [-0.2, 0) is 0 Å². The summed E-state index contributed by atoms with van der Waals surface area (Å²) in [5, 5.41) is 7.49. The Morgan fingerprint density at radius 2 is 2.00 bits per heavy atom. The molecule has 1 rings (SSSR count). The van der Waals surface area contributed by atoms with E-state index in [1.54, 1.807) is 12.4 Å². The third kappa shape index (κ3) is 2.01. The van der Waals surface area contributed by atoms with Crippen molar-refractivity contribution in [1.29, 1.82) is 0 Å². The lowest BCUT2D eigenvalue weighted by molar-refractivity contribution is 0.326. The highest BCUT2D eigenvalue weighted by Gasteiger charge is 2.21. The van der Waals surface area contributed by atoms with E-state index in [4.69, 9.17) is 5.73 Å². The largest absolute Gasteiger partial charge is 0.323 e. The molecule has 1 atom stereocenters. The molecule has 3 heteroatoms. The zero-order valence-corrected chi connectivity index (χ0v) is 7.78. The first-order valence-electron chi connectivity index (χ1n) is 4.04. The fourth-order valence-electron chi connectivity index (χ4n) is 0.985. The summed E-state index contributed by atoms with van der Waals surface area (Å²) in [6.07, 6.45) is 3.39. The van der Waals surface area contributed by atoms with Gasteiger partial charge in [-0.2, -0.15) is 10.2 Å². The summed E-state index contributed by atoms with van der Waals surface area (Å²) in [6.45, 7) is 6.33. The first-order chi connectivity index (χ1) is 5.52. The normalized spacial score (nSPS) is 14.3. The van der Waals surface area contributed by atoms with Crippen molar-refractivity contribution in [3.63, 3.8) is 0 Å². The van der Waals surface area contributed by atoms with Gasteiger partial charge >= 0.3 is 0 Å². The third-order valence-electron chi connectivity index (χ3n) is 1.90. The molecule has 1 heterocycles. The van der Waals surface area contributed by atoms with E-state index in [-0.39, 0.29) is 11.5 Å². The molecule has 0 spiro atoms. The van der Waals surface area contributed by atoms with Gasteiger partial charge < -0.3 is 5.73 Å². The van der Waals surface area contributed by atoms with Gasteiger partial charge in [-0.15, -0.1) is 0 Å². The molecule has 12 heavy (non-hydrogen) atoms. The number of aromatic nitrogens is 2. The van der Waals surface area contributed by atoms with Crippen LogP contribution in [-0.4, -0.2) is 10.2 Å². The lowest BCUT2D eigenvalue weighted by Crippen LogP contribution is -2.26. The monoisotopic (exact) mass is 165 g/mol. The average molecular weight is 165 g/mol. The molecule has 0 aliphatic rings. The lowest BCUT2D eigenvalue weighted by Gasteiger charge is -2.26. The SMILES string of the molecule is CC(C)(C)C(N)c1ccnnc1. The van der Waals surface area contributed by atoms with Crippen LogP contribution < -0.4 is 5.73 Å². The van der Waals surface area contributed by atoms with E-state index in [1.165, 1.54) is 0 Å². The summed E-state index contributed by atoms with van der Waals surface area (Å²) in [7, 11) is 0. The van der Waals surface area contributed by atoms with Crippen molar-refractivity contribution in [2.45, 2.75) is 26.8 Å². The topological polar surface area (TPSA) is 51.8 Å². The van der Waals surface area contributed by atoms with Crippen LogP contribution >= 0.6 is 0 Å². The van der Waals surface area contributed by atoms with Crippen LogP contribution in [0.25, 0.3) is 0 Å². The quantitative estimate of drug-likeness (QED) is 0.686. The second-order valence-corrected chi connectivity index (χ2v) is 4.02. The highest BCUT2D eigenvalue weighted by molar-refractivity contribution is 5.13. The minimum absolute atomic E-state index is 0.0213. The Kier molecular flexibility index (Phi) is 2.43. The second kappa shape index (κ2) is 3.19. The second-order valence-electron chi connectivity index (χ2n) is 4.02. The van der Waals surface area contributed by atoms with Crippen molar-refractivity contribution < 1.29 is 0 Å². The fraction of sp³-hybridized carbons (Fsp3) is 0.556. The summed E-state index contributed by atoms with van der Waals surface area (Å²) in [4.78, 5) is 0. The maximum atomic E-state index is 6.00. The molecule has 0 aromatic carbocycles. The smallest absolute Gasteiger partial charge is 0.0544 e. The van der Waals surface area contributed by atoms with Gasteiger partial charge in [0, 0.05) is 12.2 Å². The van der Waals surface area contributed by atoms with Crippen molar-refractivity contribution in [2.24, 2.45) is 11.1 Å². The number of hydrogen-bond acceptors (Lipinski definition) is 3. The van der Waals surface area contributed by atoms with E-state index in [0.29, 0.717) is 0 Å². The minimum Gasteiger partial charge on any atom is -0.323 e. The summed E-state index contributed by atoms with van der Waals surface area (Å²) in [5.41, 5.74) is 7.12. The Labute approximate surface area is 73.0 Å². The zero-order chi connectivity index (χ0) is 9.19. The number of rotatable bonds is 1. The Bertz CT molecular complexity index is 238. The summed E-state index contributed by atoms with van der Waals surface area (Å²) >= 11 is 0. The van der Waals surface area contributed by atoms with Crippen LogP contribution in [0.5, 0.6) is 0 Å². The van der Waals surface area contributed by atoms with Crippen LogP contribution in [0.3, 0.4) is 0 Å². The highest BCUT2D eigenvalue weighted by atomic mass is 15.1. The standard InChI is InChI=1S/C9H15N3/c1-9(2,3)8(10)7-4-5-11-12-6-7/h4-6,8H,10H2,1-3H3. The minimum atomic E-state index is 0.0213. The molecule has 0 fully saturated rings. The van der Waals surface area contributed by atoms with Crippen molar-refractivity contribution in [2.75, 3.05) is 0 Å². The van der Waals surface area contributed by atoms with Gasteiger partial charge in [0.15, 0.2) is 0 Å². The van der Waals surface area contributed by atoms with Gasteiger partial charge in [0.2, 0.25) is 0 Å². The van der Waals surface area contributed by atoms with Crippen molar-refractivity contribution >= 4 is 0 Å². The molecule has 0 amide bonds. The molecular formula is C9H15N3. The zero-order valence-electron chi connectivity index (χ0n) is 7.78. The fourth-order valence-corrected chi connectivity index (χ4v) is 0.985. The van der Waals surface area contributed by atoms with Gasteiger partial charge in [0.05, 0.1) is 6.20 Å². The van der Waals surface area contributed by atoms with E-state index in [0.717, 1.165) is 5.56 Å². The Morgan fingerprint density at radius 1 is 1.33 bits per heavy atom. The van der Waals surface area contributed by atoms with Gasteiger partial charge in [-0.3, -0.25) is 0 Å². The van der Waals surface area contributed by atoms with Crippen molar-refractivity contribution in [1.82, 2.24) is 10.2 Å². The number of hydrogen-bond donors (Lipinski definition) is 1. The van der Waals surface area contributed by atoms with Crippen LogP contribution in [0.1, 0.15) is 32.4 Å². The molecule has 0 aliphatic carbocycles. The predicted molar refractivity (Wildman–Crippen MR) is 48.4 cm³/mol. The van der Waals surface area contributed by atoms with Crippen molar-refractivity contribution in [3.8, 4) is 0 Å². The van der Waals surface area contributed by atoms with Gasteiger partial charge in [0.1, 0.15) is 0 Å². The van der Waals surface area contributed by atoms with Gasteiger partial charge in [0.25, 0.3) is 0 Å². The average Bonchev–Trinajstić information content (AvgIpc) is 2.03. The Morgan fingerprint density at radius 3 is 2.42 bits per heavy atom. The molecule has 3 nitrogen and oxygen atoms in total. The molecule has 0 aliphatic heterocycles. The van der Waals surface area contributed by atoms with Crippen LogP contribution in [0.2, 0.25) is 0 Å². The molecule has 0 bridgehead atoms. The molecule has 1 aromatic heterocycles. The highest BCUT2D eigenvalue weighted by Crippen LogP contribution is 2.29. The summed E-state index contributed by atoms with van der Waals surface area (Å²) in [6, 6.07) is 1.93. The van der Waals surface area contributed by atoms with E-state index in [9.17, 15) is 0 Å². The van der Waals surface area contributed by atoms with Gasteiger partial charge in [-0.1, -0.05) is 20.8 Å². The lowest BCUT2D eigenvalue weighted by atomic mass is 9.84. The number of nitrogens with two attached hydrogens (primary N) is 1. The molecule has 2 N–H and O–H groups in total. The Balaban J connectivity index is 2.86. The van der Waals surface area contributed by atoms with E-state index >= 15 is 0 Å². The molecule has 1 aromatic rings. The van der Waals surface area contributed by atoms with Crippen LogP contribution in [0.4, 0.5) is 0 Å². The van der Waals surface area contributed by atoms with Gasteiger partial charge in [-0.25, -0.2) is 0 Å². The summed E-state index contributed by atoms with van der Waals surface area (Å²) < 4.78 is 0. The maximum Gasteiger partial charge on any atom is 0.0544 e. The molecule has 0 saturated heterocycles. The van der Waals surface area contributed by atoms with Gasteiger partial charge in [-0.05, 0) is 17.0 Å². The van der Waals surface area contributed by atoms with E-state index < -0.39 is 0 Å².